The van der Waals surface area contributed by atoms with Crippen LogP contribution >= 0.6 is 11.3 Å². The monoisotopic (exact) mass is 566 g/mol. The molecule has 0 saturated carbocycles. The van der Waals surface area contributed by atoms with Gasteiger partial charge in [-0.3, -0.25) is 9.36 Å². The Labute approximate surface area is 242 Å². The van der Waals surface area contributed by atoms with Gasteiger partial charge in [0.05, 0.1) is 28.5 Å². The standard InChI is InChI=1S/C33H30N2O5S/c1-4-19-39-26-17-15-24(16-18-26)30-29(32(37)38-5-2)22(3)34-33-35(30)31(36)28(41-33)20-25-13-9-10-14-27(25)40-21-23-11-7-6-8-12-23/h4,6-18,20,30H,1,5,19,21H2,2-3H3/b28-20+/t30-/m1/s1. The van der Waals surface area contributed by atoms with Gasteiger partial charge in [0.2, 0.25) is 0 Å². The summed E-state index contributed by atoms with van der Waals surface area (Å²) in [5.74, 6) is 0.823. The first kappa shape index (κ1) is 27.9. The number of thiazole rings is 1. The number of carbonyl (C=O) groups is 1. The molecule has 1 aliphatic rings. The fourth-order valence-electron chi connectivity index (χ4n) is 4.62. The summed E-state index contributed by atoms with van der Waals surface area (Å²) in [5.41, 5.74) is 3.15. The summed E-state index contributed by atoms with van der Waals surface area (Å²) < 4.78 is 19.2. The largest absolute Gasteiger partial charge is 0.490 e. The van der Waals surface area contributed by atoms with Crippen molar-refractivity contribution in [1.29, 1.82) is 0 Å². The van der Waals surface area contributed by atoms with E-state index >= 15 is 0 Å². The number of fused-ring (bicyclic) bond motifs is 1. The van der Waals surface area contributed by atoms with Gasteiger partial charge in [0.15, 0.2) is 4.80 Å². The zero-order valence-electron chi connectivity index (χ0n) is 22.9. The number of hydrogen-bond acceptors (Lipinski definition) is 7. The zero-order valence-corrected chi connectivity index (χ0v) is 23.7. The molecule has 1 atom stereocenters. The Balaban J connectivity index is 1.58. The summed E-state index contributed by atoms with van der Waals surface area (Å²) in [5, 5.41) is 0. The predicted molar refractivity (Wildman–Crippen MR) is 160 cm³/mol. The summed E-state index contributed by atoms with van der Waals surface area (Å²) >= 11 is 1.27. The van der Waals surface area contributed by atoms with E-state index in [1.807, 2.05) is 84.9 Å². The van der Waals surface area contributed by atoms with Crippen molar-refractivity contribution in [2.24, 2.45) is 4.99 Å². The Morgan fingerprint density at radius 3 is 2.49 bits per heavy atom. The van der Waals surface area contributed by atoms with E-state index < -0.39 is 12.0 Å². The number of para-hydroxylation sites is 1. The summed E-state index contributed by atoms with van der Waals surface area (Å²) in [4.78, 5) is 32.3. The van der Waals surface area contributed by atoms with Crippen LogP contribution in [0.2, 0.25) is 0 Å². The molecule has 4 aromatic rings. The first-order chi connectivity index (χ1) is 20.0. The fourth-order valence-corrected chi connectivity index (χ4v) is 5.65. The molecule has 0 spiro atoms. The number of hydrogen-bond donors (Lipinski definition) is 0. The van der Waals surface area contributed by atoms with Crippen LogP contribution in [0.15, 0.2) is 113 Å². The normalized spacial score (nSPS) is 14.7. The minimum Gasteiger partial charge on any atom is -0.490 e. The van der Waals surface area contributed by atoms with Gasteiger partial charge in [0.25, 0.3) is 5.56 Å². The number of nitrogens with zero attached hydrogens (tertiary/aromatic N) is 2. The Hall–Kier alpha value is -4.69. The molecular formula is C33H30N2O5S. The third-order valence-electron chi connectivity index (χ3n) is 6.52. The maximum absolute atomic E-state index is 14.0. The maximum Gasteiger partial charge on any atom is 0.338 e. The minimum absolute atomic E-state index is 0.209. The van der Waals surface area contributed by atoms with Gasteiger partial charge in [-0.2, -0.15) is 0 Å². The number of esters is 1. The van der Waals surface area contributed by atoms with Crippen molar-refractivity contribution in [1.82, 2.24) is 4.57 Å². The first-order valence-corrected chi connectivity index (χ1v) is 14.1. The highest BCUT2D eigenvalue weighted by Gasteiger charge is 2.33. The second kappa shape index (κ2) is 12.7. The van der Waals surface area contributed by atoms with Crippen molar-refractivity contribution >= 4 is 23.4 Å². The predicted octanol–water partition coefficient (Wildman–Crippen LogP) is 4.94. The molecule has 1 aliphatic heterocycles. The van der Waals surface area contributed by atoms with Crippen LogP contribution in [0.25, 0.3) is 6.08 Å². The van der Waals surface area contributed by atoms with Crippen LogP contribution in [-0.4, -0.2) is 23.8 Å². The van der Waals surface area contributed by atoms with E-state index in [1.54, 1.807) is 24.5 Å². The number of aromatic nitrogens is 1. The molecule has 7 nitrogen and oxygen atoms in total. The number of rotatable bonds is 10. The molecule has 0 aliphatic carbocycles. The summed E-state index contributed by atoms with van der Waals surface area (Å²) in [6.45, 7) is 8.18. The molecule has 0 unspecified atom stereocenters. The van der Waals surface area contributed by atoms with E-state index in [4.69, 9.17) is 14.2 Å². The Kier molecular flexibility index (Phi) is 8.60. The average molecular weight is 567 g/mol. The number of benzene rings is 3. The maximum atomic E-state index is 14.0. The summed E-state index contributed by atoms with van der Waals surface area (Å²) in [6, 6.07) is 24.1. The van der Waals surface area contributed by atoms with Crippen molar-refractivity contribution in [2.45, 2.75) is 26.5 Å². The molecular weight excluding hydrogens is 536 g/mol. The van der Waals surface area contributed by atoms with Gasteiger partial charge in [-0.25, -0.2) is 9.79 Å². The molecule has 41 heavy (non-hydrogen) atoms. The lowest BCUT2D eigenvalue weighted by molar-refractivity contribution is -0.139. The van der Waals surface area contributed by atoms with Crippen LogP contribution in [0.3, 0.4) is 0 Å². The number of ether oxygens (including phenoxy) is 3. The van der Waals surface area contributed by atoms with Crippen LogP contribution in [0.4, 0.5) is 0 Å². The van der Waals surface area contributed by atoms with Gasteiger partial charge in [0, 0.05) is 5.56 Å². The van der Waals surface area contributed by atoms with Crippen molar-refractivity contribution in [3.8, 4) is 11.5 Å². The number of allylic oxidation sites excluding steroid dienone is 1. The Bertz CT molecular complexity index is 1770. The SMILES string of the molecule is C=CCOc1ccc([C@@H]2C(C(=O)OCC)=C(C)N=c3s/c(=C/c4ccccc4OCc4ccccc4)c(=O)n32)cc1. The van der Waals surface area contributed by atoms with E-state index in [9.17, 15) is 9.59 Å². The molecule has 208 valence electrons. The lowest BCUT2D eigenvalue weighted by Crippen LogP contribution is -2.39. The third-order valence-corrected chi connectivity index (χ3v) is 7.51. The fraction of sp³-hybridized carbons (Fsp3) is 0.182. The Morgan fingerprint density at radius 1 is 1.02 bits per heavy atom. The van der Waals surface area contributed by atoms with Gasteiger partial charge < -0.3 is 14.2 Å². The third kappa shape index (κ3) is 6.07. The van der Waals surface area contributed by atoms with Crippen LogP contribution < -0.4 is 24.4 Å². The smallest absolute Gasteiger partial charge is 0.338 e. The van der Waals surface area contributed by atoms with Crippen LogP contribution in [-0.2, 0) is 16.1 Å². The first-order valence-electron chi connectivity index (χ1n) is 13.3. The lowest BCUT2D eigenvalue weighted by atomic mass is 9.96. The second-order valence-electron chi connectivity index (χ2n) is 9.28. The van der Waals surface area contributed by atoms with E-state index in [0.29, 0.717) is 45.3 Å². The minimum atomic E-state index is -0.703. The van der Waals surface area contributed by atoms with Crippen molar-refractivity contribution in [3.05, 3.63) is 139 Å². The number of carbonyl (C=O) groups excluding carboxylic acids is 1. The highest BCUT2D eigenvalue weighted by Crippen LogP contribution is 2.31. The highest BCUT2D eigenvalue weighted by molar-refractivity contribution is 7.07. The molecule has 0 fully saturated rings. The molecule has 0 bridgehead atoms. The Morgan fingerprint density at radius 2 is 1.76 bits per heavy atom. The van der Waals surface area contributed by atoms with Crippen LogP contribution in [0.5, 0.6) is 11.5 Å². The van der Waals surface area contributed by atoms with E-state index in [2.05, 4.69) is 11.6 Å². The highest BCUT2D eigenvalue weighted by atomic mass is 32.1. The molecule has 0 N–H and O–H groups in total. The van der Waals surface area contributed by atoms with E-state index in [0.717, 1.165) is 16.7 Å². The van der Waals surface area contributed by atoms with Gasteiger partial charge in [-0.05, 0) is 49.2 Å². The molecule has 5 rings (SSSR count). The van der Waals surface area contributed by atoms with E-state index in [-0.39, 0.29) is 12.2 Å². The zero-order chi connectivity index (χ0) is 28.8. The molecule has 0 saturated heterocycles. The summed E-state index contributed by atoms with van der Waals surface area (Å²) in [7, 11) is 0. The van der Waals surface area contributed by atoms with Crippen molar-refractivity contribution < 1.29 is 19.0 Å². The molecule has 0 radical (unpaired) electrons. The molecule has 3 aromatic carbocycles. The molecule has 8 heteroatoms. The molecule has 1 aromatic heterocycles. The second-order valence-corrected chi connectivity index (χ2v) is 10.3. The van der Waals surface area contributed by atoms with Crippen LogP contribution in [0.1, 0.15) is 36.6 Å². The lowest BCUT2D eigenvalue weighted by Gasteiger charge is -2.24. The van der Waals surface area contributed by atoms with Crippen molar-refractivity contribution in [3.63, 3.8) is 0 Å². The average Bonchev–Trinajstić information content (AvgIpc) is 3.29. The summed E-state index contributed by atoms with van der Waals surface area (Å²) in [6.07, 6.45) is 3.48. The topological polar surface area (TPSA) is 79.1 Å². The van der Waals surface area contributed by atoms with Gasteiger partial charge >= 0.3 is 5.97 Å². The van der Waals surface area contributed by atoms with Crippen LogP contribution in [0, 0.1) is 0 Å². The molecule has 0 amide bonds. The molecule has 2 heterocycles. The van der Waals surface area contributed by atoms with Gasteiger partial charge in [0.1, 0.15) is 24.7 Å². The van der Waals surface area contributed by atoms with Crippen molar-refractivity contribution in [2.75, 3.05) is 13.2 Å². The van der Waals surface area contributed by atoms with Gasteiger partial charge in [-0.15, -0.1) is 0 Å². The van der Waals surface area contributed by atoms with Gasteiger partial charge in [-0.1, -0.05) is 84.7 Å². The van der Waals surface area contributed by atoms with E-state index in [1.165, 1.54) is 11.3 Å². The quantitative estimate of drug-likeness (QED) is 0.201.